The highest BCUT2D eigenvalue weighted by molar-refractivity contribution is 7.90. The Hall–Kier alpha value is -2.03. The van der Waals surface area contributed by atoms with Gasteiger partial charge < -0.3 is 5.73 Å². The van der Waals surface area contributed by atoms with Gasteiger partial charge in [-0.05, 0) is 42.0 Å². The first-order chi connectivity index (χ1) is 9.69. The van der Waals surface area contributed by atoms with Crippen LogP contribution >= 0.6 is 0 Å². The molecule has 0 aliphatic rings. The van der Waals surface area contributed by atoms with Crippen LogP contribution in [0.15, 0.2) is 12.1 Å². The second-order valence-electron chi connectivity index (χ2n) is 5.09. The molecule has 7 nitrogen and oxygen atoms in total. The molecule has 0 fully saturated rings. The van der Waals surface area contributed by atoms with Crippen LogP contribution < -0.4 is 5.73 Å². The number of rotatable bonds is 4. The minimum absolute atomic E-state index is 0.145. The Kier molecular flexibility index (Phi) is 3.95. The highest BCUT2D eigenvalue weighted by atomic mass is 32.2. The van der Waals surface area contributed by atoms with Crippen LogP contribution in [0.5, 0.6) is 0 Å². The van der Waals surface area contributed by atoms with Crippen molar-refractivity contribution in [3.8, 4) is 11.4 Å². The van der Waals surface area contributed by atoms with Gasteiger partial charge in [0.25, 0.3) is 0 Å². The predicted molar refractivity (Wildman–Crippen MR) is 76.8 cm³/mol. The molecule has 9 heteroatoms. The zero-order valence-corrected chi connectivity index (χ0v) is 12.7. The van der Waals surface area contributed by atoms with E-state index in [0.29, 0.717) is 11.3 Å². The van der Waals surface area contributed by atoms with Crippen LogP contribution in [0, 0.1) is 12.7 Å². The van der Waals surface area contributed by atoms with Crippen LogP contribution in [0.25, 0.3) is 11.4 Å². The number of aromatic nitrogens is 4. The van der Waals surface area contributed by atoms with Crippen LogP contribution in [-0.4, -0.2) is 40.6 Å². The third-order valence-corrected chi connectivity index (χ3v) is 4.06. The van der Waals surface area contributed by atoms with Gasteiger partial charge in [-0.3, -0.25) is 0 Å². The van der Waals surface area contributed by atoms with Gasteiger partial charge in [-0.25, -0.2) is 17.5 Å². The molecule has 0 spiro atoms. The van der Waals surface area contributed by atoms with Crippen molar-refractivity contribution in [2.75, 3.05) is 17.7 Å². The van der Waals surface area contributed by atoms with Crippen molar-refractivity contribution in [3.05, 3.63) is 23.5 Å². The van der Waals surface area contributed by atoms with Crippen LogP contribution in [0.2, 0.25) is 0 Å². The molecule has 1 aromatic heterocycles. The molecule has 2 N–H and O–H groups in total. The highest BCUT2D eigenvalue weighted by Crippen LogP contribution is 2.27. The Morgan fingerprint density at radius 1 is 1.43 bits per heavy atom. The average Bonchev–Trinajstić information content (AvgIpc) is 2.80. The number of hydrogen-bond donors (Lipinski definition) is 1. The van der Waals surface area contributed by atoms with Gasteiger partial charge >= 0.3 is 0 Å². The Morgan fingerprint density at radius 2 is 2.10 bits per heavy atom. The van der Waals surface area contributed by atoms with Crippen molar-refractivity contribution in [1.82, 2.24) is 20.2 Å². The normalized spacial score (nSPS) is 13.3. The molecule has 1 atom stereocenters. The molecule has 0 saturated heterocycles. The van der Waals surface area contributed by atoms with E-state index in [-0.39, 0.29) is 17.1 Å². The van der Waals surface area contributed by atoms with Crippen LogP contribution in [0.1, 0.15) is 18.5 Å². The van der Waals surface area contributed by atoms with Crippen molar-refractivity contribution in [3.63, 3.8) is 0 Å². The van der Waals surface area contributed by atoms with Gasteiger partial charge in [0, 0.05) is 11.9 Å². The number of anilines is 1. The number of nitrogens with two attached hydrogens (primary N) is 1. The molecule has 0 amide bonds. The Bertz CT molecular complexity index is 772. The van der Waals surface area contributed by atoms with E-state index >= 15 is 0 Å². The SMILES string of the molecule is Cc1cc(N)cc(-c2nnnn2C(C)CS(C)(=O)=O)c1F. The summed E-state index contributed by atoms with van der Waals surface area (Å²) in [4.78, 5) is 0. The van der Waals surface area contributed by atoms with Gasteiger partial charge in [0.15, 0.2) is 5.82 Å². The maximum atomic E-state index is 14.2. The van der Waals surface area contributed by atoms with Crippen molar-refractivity contribution in [1.29, 1.82) is 0 Å². The lowest BCUT2D eigenvalue weighted by Gasteiger charge is -2.13. The van der Waals surface area contributed by atoms with E-state index in [1.807, 2.05) is 0 Å². The minimum atomic E-state index is -3.21. The number of benzene rings is 1. The van der Waals surface area contributed by atoms with Gasteiger partial charge in [-0.15, -0.1) is 5.10 Å². The number of tetrazole rings is 1. The van der Waals surface area contributed by atoms with Gasteiger partial charge in [0.1, 0.15) is 15.7 Å². The summed E-state index contributed by atoms with van der Waals surface area (Å²) in [5, 5.41) is 11.1. The number of nitrogen functional groups attached to an aromatic ring is 1. The number of sulfone groups is 1. The first kappa shape index (κ1) is 15.4. The second kappa shape index (κ2) is 5.40. The van der Waals surface area contributed by atoms with E-state index in [0.717, 1.165) is 6.26 Å². The first-order valence-corrected chi connectivity index (χ1v) is 8.26. The van der Waals surface area contributed by atoms with Crippen LogP contribution in [-0.2, 0) is 9.84 Å². The van der Waals surface area contributed by atoms with Gasteiger partial charge in [-0.2, -0.15) is 0 Å². The van der Waals surface area contributed by atoms with Crippen LogP contribution in [0.4, 0.5) is 10.1 Å². The van der Waals surface area contributed by atoms with E-state index in [1.165, 1.54) is 16.8 Å². The molecule has 0 radical (unpaired) electrons. The summed E-state index contributed by atoms with van der Waals surface area (Å²) >= 11 is 0. The largest absolute Gasteiger partial charge is 0.399 e. The lowest BCUT2D eigenvalue weighted by atomic mass is 10.1. The van der Waals surface area contributed by atoms with Gasteiger partial charge in [0.2, 0.25) is 0 Å². The smallest absolute Gasteiger partial charge is 0.185 e. The van der Waals surface area contributed by atoms with Gasteiger partial charge in [-0.1, -0.05) is 0 Å². The fourth-order valence-electron chi connectivity index (χ4n) is 2.14. The Balaban J connectivity index is 2.51. The molecule has 1 heterocycles. The number of halogens is 1. The summed E-state index contributed by atoms with van der Waals surface area (Å²) in [5.41, 5.74) is 6.63. The lowest BCUT2D eigenvalue weighted by Crippen LogP contribution is -2.19. The summed E-state index contributed by atoms with van der Waals surface area (Å²) in [5.74, 6) is -0.473. The van der Waals surface area contributed by atoms with E-state index < -0.39 is 21.7 Å². The van der Waals surface area contributed by atoms with E-state index in [4.69, 9.17) is 5.73 Å². The summed E-state index contributed by atoms with van der Waals surface area (Å²) in [7, 11) is -3.21. The third kappa shape index (κ3) is 3.35. The number of aryl methyl sites for hydroxylation is 1. The van der Waals surface area contributed by atoms with Crippen molar-refractivity contribution >= 4 is 15.5 Å². The van der Waals surface area contributed by atoms with Crippen LogP contribution in [0.3, 0.4) is 0 Å². The number of nitrogens with zero attached hydrogens (tertiary/aromatic N) is 4. The molecular weight excluding hydrogens is 297 g/mol. The maximum absolute atomic E-state index is 14.2. The molecule has 0 aliphatic carbocycles. The first-order valence-electron chi connectivity index (χ1n) is 6.20. The van der Waals surface area contributed by atoms with E-state index in [1.54, 1.807) is 13.8 Å². The molecular formula is C12H16FN5O2S. The van der Waals surface area contributed by atoms with Crippen molar-refractivity contribution < 1.29 is 12.8 Å². The number of hydrogen-bond acceptors (Lipinski definition) is 6. The Labute approximate surface area is 121 Å². The fraction of sp³-hybridized carbons (Fsp3) is 0.417. The van der Waals surface area contributed by atoms with Gasteiger partial charge in [0.05, 0.1) is 17.4 Å². The average molecular weight is 313 g/mol. The summed E-state index contributed by atoms with van der Waals surface area (Å²) < 4.78 is 38.3. The third-order valence-electron chi connectivity index (χ3n) is 2.97. The standard InChI is InChI=1S/C12H16FN5O2S/c1-7-4-9(14)5-10(11(7)13)12-15-16-17-18(12)8(2)6-21(3,19)20/h4-5,8H,6,14H2,1-3H3. The summed E-state index contributed by atoms with van der Waals surface area (Å²) in [6.45, 7) is 3.24. The molecule has 21 heavy (non-hydrogen) atoms. The highest BCUT2D eigenvalue weighted by Gasteiger charge is 2.21. The van der Waals surface area contributed by atoms with E-state index in [2.05, 4.69) is 15.5 Å². The zero-order chi connectivity index (χ0) is 15.8. The molecule has 0 saturated carbocycles. The summed E-state index contributed by atoms with van der Waals surface area (Å²) in [6.07, 6.45) is 1.12. The molecule has 1 unspecified atom stereocenters. The quantitative estimate of drug-likeness (QED) is 0.844. The monoisotopic (exact) mass is 313 g/mol. The Morgan fingerprint density at radius 3 is 2.71 bits per heavy atom. The predicted octanol–water partition coefficient (Wildman–Crippen LogP) is 0.975. The lowest BCUT2D eigenvalue weighted by molar-refractivity contribution is 0.508. The molecule has 0 bridgehead atoms. The van der Waals surface area contributed by atoms with Crippen molar-refractivity contribution in [2.24, 2.45) is 0 Å². The summed E-state index contributed by atoms with van der Waals surface area (Å²) in [6, 6.07) is 2.41. The topological polar surface area (TPSA) is 104 Å². The molecule has 1 aromatic carbocycles. The molecule has 0 aliphatic heterocycles. The molecule has 2 aromatic rings. The maximum Gasteiger partial charge on any atom is 0.185 e. The van der Waals surface area contributed by atoms with E-state index in [9.17, 15) is 12.8 Å². The second-order valence-corrected chi connectivity index (χ2v) is 7.27. The molecule has 114 valence electrons. The zero-order valence-electron chi connectivity index (χ0n) is 11.9. The van der Waals surface area contributed by atoms with Crippen molar-refractivity contribution in [2.45, 2.75) is 19.9 Å². The fourth-order valence-corrected chi connectivity index (χ4v) is 3.15. The molecule has 2 rings (SSSR count). The minimum Gasteiger partial charge on any atom is -0.399 e.